The summed E-state index contributed by atoms with van der Waals surface area (Å²) in [6.07, 6.45) is 1.87. The van der Waals surface area contributed by atoms with Crippen LogP contribution in [0.5, 0.6) is 0 Å². The van der Waals surface area contributed by atoms with E-state index in [1.165, 1.54) is 12.1 Å². The van der Waals surface area contributed by atoms with Crippen molar-refractivity contribution in [1.29, 1.82) is 0 Å². The third-order valence-electron chi connectivity index (χ3n) is 4.04. The highest BCUT2D eigenvalue weighted by molar-refractivity contribution is 6.30. The summed E-state index contributed by atoms with van der Waals surface area (Å²) in [6.45, 7) is 2.43. The Kier molecular flexibility index (Phi) is 4.74. The molecule has 1 aromatic carbocycles. The molecule has 0 aliphatic rings. The summed E-state index contributed by atoms with van der Waals surface area (Å²) in [7, 11) is 1.61. The highest BCUT2D eigenvalue weighted by Crippen LogP contribution is 2.33. The number of nitrogens with zero attached hydrogens (tertiary/aromatic N) is 2. The lowest BCUT2D eigenvalue weighted by molar-refractivity contribution is 0.0996. The number of halogens is 2. The quantitative estimate of drug-likeness (QED) is 0.751. The van der Waals surface area contributed by atoms with Gasteiger partial charge in [-0.05, 0) is 36.8 Å². The Hall–Kier alpha value is -2.44. The maximum Gasteiger partial charge on any atom is 0.267 e. The van der Waals surface area contributed by atoms with Gasteiger partial charge in [0, 0.05) is 24.3 Å². The molecule has 0 saturated carbocycles. The number of pyridine rings is 1. The molecule has 2 aromatic heterocycles. The van der Waals surface area contributed by atoms with Crippen molar-refractivity contribution < 1.29 is 13.9 Å². The third-order valence-corrected chi connectivity index (χ3v) is 4.35. The minimum absolute atomic E-state index is 0.0333. The predicted molar refractivity (Wildman–Crippen MR) is 95.2 cm³/mol. The second-order valence-corrected chi connectivity index (χ2v) is 6.22. The van der Waals surface area contributed by atoms with Crippen molar-refractivity contribution in [1.82, 2.24) is 9.55 Å². The van der Waals surface area contributed by atoms with Crippen LogP contribution in [0.25, 0.3) is 22.2 Å². The van der Waals surface area contributed by atoms with Crippen LogP contribution in [0.3, 0.4) is 0 Å². The van der Waals surface area contributed by atoms with Gasteiger partial charge in [0.05, 0.1) is 17.7 Å². The van der Waals surface area contributed by atoms with Crippen LogP contribution in [0.2, 0.25) is 5.02 Å². The summed E-state index contributed by atoms with van der Waals surface area (Å²) < 4.78 is 21.0. The molecule has 0 aliphatic heterocycles. The zero-order valence-corrected chi connectivity index (χ0v) is 14.5. The number of ether oxygens (including phenoxy) is 1. The number of methoxy groups -OCH3 is 1. The van der Waals surface area contributed by atoms with Gasteiger partial charge in [0.2, 0.25) is 0 Å². The molecular weight excluding hydrogens is 345 g/mol. The third kappa shape index (κ3) is 3.23. The maximum absolute atomic E-state index is 13.9. The van der Waals surface area contributed by atoms with Gasteiger partial charge in [-0.3, -0.25) is 4.79 Å². The number of carbonyl (C=O) groups excluding carboxylic acids is 1. The lowest BCUT2D eigenvalue weighted by Gasteiger charge is -2.13. The fourth-order valence-corrected chi connectivity index (χ4v) is 2.93. The van der Waals surface area contributed by atoms with E-state index in [1.54, 1.807) is 25.3 Å². The summed E-state index contributed by atoms with van der Waals surface area (Å²) in [5.74, 6) is -1.10. The smallest absolute Gasteiger partial charge is 0.267 e. The minimum atomic E-state index is -0.604. The van der Waals surface area contributed by atoms with E-state index >= 15 is 0 Å². The molecule has 130 valence electrons. The summed E-state index contributed by atoms with van der Waals surface area (Å²) in [5, 5.41) is 0.851. The van der Waals surface area contributed by atoms with Crippen molar-refractivity contribution in [2.45, 2.75) is 13.0 Å². The predicted octanol–water partition coefficient (Wildman–Crippen LogP) is 3.80. The second-order valence-electron chi connectivity index (χ2n) is 5.82. The Labute approximate surface area is 149 Å². The largest absolute Gasteiger partial charge is 0.383 e. The van der Waals surface area contributed by atoms with E-state index in [-0.39, 0.29) is 16.8 Å². The van der Waals surface area contributed by atoms with E-state index in [1.807, 2.05) is 17.7 Å². The number of primary amides is 1. The number of rotatable bonds is 5. The van der Waals surface area contributed by atoms with Gasteiger partial charge in [0.1, 0.15) is 17.2 Å². The van der Waals surface area contributed by atoms with Crippen LogP contribution in [0.4, 0.5) is 4.39 Å². The van der Waals surface area contributed by atoms with E-state index in [2.05, 4.69) is 4.98 Å². The first-order valence-electron chi connectivity index (χ1n) is 7.68. The molecule has 0 bridgehead atoms. The topological polar surface area (TPSA) is 70.1 Å². The van der Waals surface area contributed by atoms with Crippen LogP contribution >= 0.6 is 11.6 Å². The molecular formula is C18H17ClFN3O2. The first kappa shape index (κ1) is 17.4. The molecule has 0 saturated heterocycles. The molecule has 1 amide bonds. The molecule has 0 unspecified atom stereocenters. The Balaban J connectivity index is 2.25. The van der Waals surface area contributed by atoms with Gasteiger partial charge in [-0.25, -0.2) is 9.37 Å². The number of hydrogen-bond donors (Lipinski definition) is 1. The Morgan fingerprint density at radius 1 is 1.40 bits per heavy atom. The van der Waals surface area contributed by atoms with E-state index in [9.17, 15) is 9.18 Å². The number of carbonyl (C=O) groups is 1. The van der Waals surface area contributed by atoms with Crippen LogP contribution in [0.1, 0.15) is 23.5 Å². The van der Waals surface area contributed by atoms with E-state index in [0.717, 1.165) is 10.9 Å². The minimum Gasteiger partial charge on any atom is -0.383 e. The number of fused-ring (bicyclic) bond motifs is 1. The monoisotopic (exact) mass is 361 g/mol. The zero-order chi connectivity index (χ0) is 18.1. The number of benzene rings is 1. The Morgan fingerprint density at radius 2 is 2.16 bits per heavy atom. The number of hydrogen-bond acceptors (Lipinski definition) is 3. The van der Waals surface area contributed by atoms with Gasteiger partial charge in [0.15, 0.2) is 0 Å². The first-order valence-corrected chi connectivity index (χ1v) is 8.06. The summed E-state index contributed by atoms with van der Waals surface area (Å²) in [6, 6.07) is 7.93. The molecule has 0 spiro atoms. The standard InChI is InChI=1S/C18H17ClFN3O2/c1-10(9-25-2)23-8-13(11-3-5-14(19)15(20)7-11)12-4-6-16(17(21)24)22-18(12)23/h3-8,10H,9H2,1-2H3,(H2,21,24)/t10-/m0/s1. The lowest BCUT2D eigenvalue weighted by Crippen LogP contribution is -2.15. The van der Waals surface area contributed by atoms with Gasteiger partial charge in [0.25, 0.3) is 5.91 Å². The molecule has 25 heavy (non-hydrogen) atoms. The van der Waals surface area contributed by atoms with Crippen molar-refractivity contribution in [2.75, 3.05) is 13.7 Å². The number of nitrogens with two attached hydrogens (primary N) is 1. The van der Waals surface area contributed by atoms with Crippen LogP contribution in [0, 0.1) is 5.82 Å². The van der Waals surface area contributed by atoms with E-state index in [0.29, 0.717) is 17.8 Å². The van der Waals surface area contributed by atoms with Gasteiger partial charge in [-0.15, -0.1) is 0 Å². The molecule has 3 rings (SSSR count). The lowest BCUT2D eigenvalue weighted by atomic mass is 10.1. The highest BCUT2D eigenvalue weighted by atomic mass is 35.5. The fourth-order valence-electron chi connectivity index (χ4n) is 2.81. The van der Waals surface area contributed by atoms with Crippen LogP contribution in [0.15, 0.2) is 36.5 Å². The molecule has 2 heterocycles. The Bertz CT molecular complexity index is 955. The molecule has 3 aromatic rings. The summed E-state index contributed by atoms with van der Waals surface area (Å²) in [4.78, 5) is 15.8. The van der Waals surface area contributed by atoms with Crippen molar-refractivity contribution in [3.8, 4) is 11.1 Å². The van der Waals surface area contributed by atoms with Crippen molar-refractivity contribution >= 4 is 28.5 Å². The fraction of sp³-hybridized carbons (Fsp3) is 0.222. The second kappa shape index (κ2) is 6.82. The van der Waals surface area contributed by atoms with Gasteiger partial charge < -0.3 is 15.0 Å². The molecule has 0 radical (unpaired) electrons. The van der Waals surface area contributed by atoms with Gasteiger partial charge in [-0.1, -0.05) is 17.7 Å². The average molecular weight is 362 g/mol. The van der Waals surface area contributed by atoms with Crippen LogP contribution in [-0.2, 0) is 4.74 Å². The molecule has 0 aliphatic carbocycles. The molecule has 0 fully saturated rings. The van der Waals surface area contributed by atoms with Crippen LogP contribution < -0.4 is 5.73 Å². The first-order chi connectivity index (χ1) is 11.9. The SMILES string of the molecule is COC[C@H](C)n1cc(-c2ccc(Cl)c(F)c2)c2ccc(C(N)=O)nc21. The van der Waals surface area contributed by atoms with Gasteiger partial charge in [-0.2, -0.15) is 0 Å². The van der Waals surface area contributed by atoms with Crippen LogP contribution in [-0.4, -0.2) is 29.2 Å². The zero-order valence-electron chi connectivity index (χ0n) is 13.8. The molecule has 1 atom stereocenters. The maximum atomic E-state index is 13.9. The number of aromatic nitrogens is 2. The summed E-state index contributed by atoms with van der Waals surface area (Å²) in [5.41, 5.74) is 7.56. The van der Waals surface area contributed by atoms with Crippen molar-refractivity contribution in [3.05, 3.63) is 53.1 Å². The van der Waals surface area contributed by atoms with E-state index in [4.69, 9.17) is 22.1 Å². The number of amides is 1. The molecule has 2 N–H and O–H groups in total. The normalized spacial score (nSPS) is 12.5. The Morgan fingerprint density at radius 3 is 2.80 bits per heavy atom. The van der Waals surface area contributed by atoms with E-state index < -0.39 is 11.7 Å². The summed E-state index contributed by atoms with van der Waals surface area (Å²) >= 11 is 5.78. The molecule has 7 heteroatoms. The van der Waals surface area contributed by atoms with Gasteiger partial charge >= 0.3 is 0 Å². The van der Waals surface area contributed by atoms with Crippen molar-refractivity contribution in [2.24, 2.45) is 5.73 Å². The van der Waals surface area contributed by atoms with Crippen molar-refractivity contribution in [3.63, 3.8) is 0 Å². The average Bonchev–Trinajstić information content (AvgIpc) is 2.96. The molecule has 5 nitrogen and oxygen atoms in total. The highest BCUT2D eigenvalue weighted by Gasteiger charge is 2.18.